The number of aromatic nitrogens is 2. The summed E-state index contributed by atoms with van der Waals surface area (Å²) < 4.78 is 9.95. The van der Waals surface area contributed by atoms with Gasteiger partial charge in [-0.3, -0.25) is 4.79 Å². The Morgan fingerprint density at radius 1 is 1.33 bits per heavy atom. The molecule has 1 saturated heterocycles. The summed E-state index contributed by atoms with van der Waals surface area (Å²) in [7, 11) is 0. The third-order valence-electron chi connectivity index (χ3n) is 3.47. The van der Waals surface area contributed by atoms with Crippen LogP contribution < -0.4 is 10.6 Å². The average Bonchev–Trinajstić information content (AvgIpc) is 2.89. The standard InChI is InChI=1S/C12H18N4O5/c1-8-15-9(16-21-8)6-13-11(19)14-7-12(10(17)18)2-4-20-5-3-12/h2-7H2,1H3,(H,17,18)(H2,13,14,19). The molecule has 9 nitrogen and oxygen atoms in total. The fourth-order valence-electron chi connectivity index (χ4n) is 2.11. The zero-order chi connectivity index (χ0) is 15.3. The van der Waals surface area contributed by atoms with Crippen LogP contribution in [0.25, 0.3) is 0 Å². The Bertz CT molecular complexity index is 510. The Kier molecular flexibility index (Phi) is 4.73. The average molecular weight is 298 g/mol. The van der Waals surface area contributed by atoms with E-state index in [1.54, 1.807) is 6.92 Å². The summed E-state index contributed by atoms with van der Waals surface area (Å²) in [5, 5.41) is 18.1. The molecule has 21 heavy (non-hydrogen) atoms. The van der Waals surface area contributed by atoms with Gasteiger partial charge in [0.1, 0.15) is 0 Å². The van der Waals surface area contributed by atoms with Crippen molar-refractivity contribution in [2.75, 3.05) is 19.8 Å². The molecule has 0 spiro atoms. The SMILES string of the molecule is Cc1nc(CNC(=O)NCC2(C(=O)O)CCOCC2)no1. The number of aryl methyl sites for hydroxylation is 1. The molecule has 1 aliphatic heterocycles. The molecule has 2 rings (SSSR count). The fraction of sp³-hybridized carbons (Fsp3) is 0.667. The lowest BCUT2D eigenvalue weighted by molar-refractivity contribution is -0.154. The van der Waals surface area contributed by atoms with Gasteiger partial charge in [0.25, 0.3) is 0 Å². The number of carbonyl (C=O) groups excluding carboxylic acids is 1. The summed E-state index contributed by atoms with van der Waals surface area (Å²) in [6.45, 7) is 2.60. The van der Waals surface area contributed by atoms with Gasteiger partial charge < -0.3 is 25.0 Å². The number of ether oxygens (including phenoxy) is 1. The van der Waals surface area contributed by atoms with Crippen molar-refractivity contribution in [3.05, 3.63) is 11.7 Å². The number of hydrogen-bond donors (Lipinski definition) is 3. The van der Waals surface area contributed by atoms with Gasteiger partial charge in [-0.15, -0.1) is 0 Å². The van der Waals surface area contributed by atoms with Crippen LogP contribution >= 0.6 is 0 Å². The van der Waals surface area contributed by atoms with Crippen LogP contribution in [0, 0.1) is 12.3 Å². The van der Waals surface area contributed by atoms with Crippen molar-refractivity contribution in [3.63, 3.8) is 0 Å². The van der Waals surface area contributed by atoms with E-state index in [1.165, 1.54) is 0 Å². The van der Waals surface area contributed by atoms with Crippen molar-refractivity contribution in [2.24, 2.45) is 5.41 Å². The van der Waals surface area contributed by atoms with E-state index in [0.29, 0.717) is 37.8 Å². The van der Waals surface area contributed by atoms with Crippen molar-refractivity contribution in [1.82, 2.24) is 20.8 Å². The highest BCUT2D eigenvalue weighted by Gasteiger charge is 2.40. The van der Waals surface area contributed by atoms with Gasteiger partial charge in [-0.05, 0) is 12.8 Å². The number of carbonyl (C=O) groups is 2. The highest BCUT2D eigenvalue weighted by molar-refractivity contribution is 5.78. The number of hydrogen-bond acceptors (Lipinski definition) is 6. The summed E-state index contributed by atoms with van der Waals surface area (Å²) in [4.78, 5) is 27.1. The monoisotopic (exact) mass is 298 g/mol. The fourth-order valence-corrected chi connectivity index (χ4v) is 2.11. The molecule has 2 amide bonds. The first-order valence-electron chi connectivity index (χ1n) is 6.64. The van der Waals surface area contributed by atoms with Gasteiger partial charge in [-0.2, -0.15) is 4.98 Å². The number of rotatable bonds is 5. The summed E-state index contributed by atoms with van der Waals surface area (Å²) in [5.41, 5.74) is -0.960. The predicted octanol–water partition coefficient (Wildman–Crippen LogP) is 0.0586. The molecule has 0 unspecified atom stereocenters. The lowest BCUT2D eigenvalue weighted by Gasteiger charge is -2.33. The van der Waals surface area contributed by atoms with Crippen molar-refractivity contribution in [3.8, 4) is 0 Å². The maximum Gasteiger partial charge on any atom is 0.315 e. The van der Waals surface area contributed by atoms with E-state index in [1.807, 2.05) is 0 Å². The second-order valence-corrected chi connectivity index (χ2v) is 4.96. The third kappa shape index (κ3) is 3.91. The molecule has 0 aromatic carbocycles. The number of amides is 2. The molecular formula is C12H18N4O5. The van der Waals surface area contributed by atoms with Crippen molar-refractivity contribution < 1.29 is 24.0 Å². The van der Waals surface area contributed by atoms with Crippen molar-refractivity contribution in [2.45, 2.75) is 26.3 Å². The molecule has 0 atom stereocenters. The molecule has 9 heteroatoms. The lowest BCUT2D eigenvalue weighted by Crippen LogP contribution is -2.48. The van der Waals surface area contributed by atoms with E-state index < -0.39 is 17.4 Å². The maximum absolute atomic E-state index is 11.7. The van der Waals surface area contributed by atoms with Gasteiger partial charge in [0, 0.05) is 26.7 Å². The largest absolute Gasteiger partial charge is 0.481 e. The second kappa shape index (κ2) is 6.53. The summed E-state index contributed by atoms with van der Waals surface area (Å²) in [6, 6.07) is -0.468. The Balaban J connectivity index is 1.80. The maximum atomic E-state index is 11.7. The van der Waals surface area contributed by atoms with Gasteiger partial charge in [0.15, 0.2) is 5.82 Å². The molecule has 0 aliphatic carbocycles. The van der Waals surface area contributed by atoms with E-state index in [4.69, 9.17) is 9.26 Å². The highest BCUT2D eigenvalue weighted by atomic mass is 16.5. The van der Waals surface area contributed by atoms with Gasteiger partial charge >= 0.3 is 12.0 Å². The minimum absolute atomic E-state index is 0.0583. The van der Waals surface area contributed by atoms with E-state index in [2.05, 4.69) is 20.8 Å². The summed E-state index contributed by atoms with van der Waals surface area (Å²) in [5.74, 6) is -0.138. The quantitative estimate of drug-likeness (QED) is 0.701. The van der Waals surface area contributed by atoms with Crippen molar-refractivity contribution >= 4 is 12.0 Å². The van der Waals surface area contributed by atoms with Crippen LogP contribution in [0.1, 0.15) is 24.6 Å². The van der Waals surface area contributed by atoms with E-state index in [0.717, 1.165) is 0 Å². The van der Waals surface area contributed by atoms with E-state index in [-0.39, 0.29) is 13.1 Å². The second-order valence-electron chi connectivity index (χ2n) is 4.96. The predicted molar refractivity (Wildman–Crippen MR) is 69.4 cm³/mol. The van der Waals surface area contributed by atoms with Crippen LogP contribution in [0.2, 0.25) is 0 Å². The number of nitrogens with zero attached hydrogens (tertiary/aromatic N) is 2. The molecule has 0 bridgehead atoms. The molecule has 1 aliphatic rings. The first kappa shape index (κ1) is 15.2. The number of aliphatic carboxylic acids is 1. The Morgan fingerprint density at radius 2 is 2.05 bits per heavy atom. The minimum Gasteiger partial charge on any atom is -0.481 e. The molecule has 1 aromatic heterocycles. The number of carboxylic acid groups (broad SMARTS) is 1. The van der Waals surface area contributed by atoms with Crippen LogP contribution in [-0.2, 0) is 16.1 Å². The smallest absolute Gasteiger partial charge is 0.315 e. The third-order valence-corrected chi connectivity index (χ3v) is 3.47. The van der Waals surface area contributed by atoms with Crippen LogP contribution in [0.5, 0.6) is 0 Å². The zero-order valence-electron chi connectivity index (χ0n) is 11.7. The van der Waals surface area contributed by atoms with Crippen LogP contribution in [0.4, 0.5) is 4.79 Å². The lowest BCUT2D eigenvalue weighted by atomic mass is 9.80. The van der Waals surface area contributed by atoms with Crippen molar-refractivity contribution in [1.29, 1.82) is 0 Å². The molecule has 1 aromatic rings. The molecule has 2 heterocycles. The van der Waals surface area contributed by atoms with Gasteiger partial charge in [-0.1, -0.05) is 5.16 Å². The summed E-state index contributed by atoms with van der Waals surface area (Å²) in [6.07, 6.45) is 0.763. The molecule has 116 valence electrons. The van der Waals surface area contributed by atoms with Crippen LogP contribution in [0.15, 0.2) is 4.52 Å². The van der Waals surface area contributed by atoms with Gasteiger partial charge in [0.2, 0.25) is 5.89 Å². The number of carboxylic acids is 1. The van der Waals surface area contributed by atoms with Crippen LogP contribution in [0.3, 0.4) is 0 Å². The Morgan fingerprint density at radius 3 is 2.62 bits per heavy atom. The van der Waals surface area contributed by atoms with E-state index in [9.17, 15) is 14.7 Å². The Labute approximate surface area is 121 Å². The molecule has 0 saturated carbocycles. The zero-order valence-corrected chi connectivity index (χ0v) is 11.7. The Hall–Kier alpha value is -2.16. The molecule has 3 N–H and O–H groups in total. The first-order valence-corrected chi connectivity index (χ1v) is 6.64. The first-order chi connectivity index (χ1) is 10.0. The molecule has 0 radical (unpaired) electrons. The number of urea groups is 1. The molecular weight excluding hydrogens is 280 g/mol. The highest BCUT2D eigenvalue weighted by Crippen LogP contribution is 2.29. The van der Waals surface area contributed by atoms with E-state index >= 15 is 0 Å². The van der Waals surface area contributed by atoms with Gasteiger partial charge in [0.05, 0.1) is 12.0 Å². The minimum atomic E-state index is -0.960. The summed E-state index contributed by atoms with van der Waals surface area (Å²) >= 11 is 0. The topological polar surface area (TPSA) is 127 Å². The number of nitrogens with one attached hydrogen (secondary N) is 2. The molecule has 1 fully saturated rings. The normalized spacial score (nSPS) is 17.2. The van der Waals surface area contributed by atoms with Crippen LogP contribution in [-0.4, -0.2) is 47.0 Å². The van der Waals surface area contributed by atoms with Gasteiger partial charge in [-0.25, -0.2) is 4.79 Å².